The molecule has 1 saturated heterocycles. The van der Waals surface area contributed by atoms with Crippen LogP contribution in [-0.4, -0.2) is 36.2 Å². The molecule has 1 heterocycles. The predicted molar refractivity (Wildman–Crippen MR) is 48.4 cm³/mol. The fraction of sp³-hybridized carbons (Fsp3) is 0.778. The van der Waals surface area contributed by atoms with Crippen molar-refractivity contribution in [2.24, 2.45) is 5.41 Å². The van der Waals surface area contributed by atoms with Crippen molar-refractivity contribution in [1.82, 2.24) is 5.32 Å². The highest BCUT2D eigenvalue weighted by molar-refractivity contribution is 5.82. The zero-order chi connectivity index (χ0) is 10.8. The van der Waals surface area contributed by atoms with E-state index in [4.69, 9.17) is 4.74 Å². The SMILES string of the molecule is CC1(C)COC(=O)CCNC(=O)C1O. The van der Waals surface area contributed by atoms with E-state index in [9.17, 15) is 14.7 Å². The van der Waals surface area contributed by atoms with Gasteiger partial charge in [-0.1, -0.05) is 13.8 Å². The smallest absolute Gasteiger partial charge is 0.307 e. The third kappa shape index (κ3) is 2.45. The van der Waals surface area contributed by atoms with Crippen molar-refractivity contribution in [3.63, 3.8) is 0 Å². The molecule has 0 aromatic rings. The van der Waals surface area contributed by atoms with Gasteiger partial charge in [0.1, 0.15) is 6.10 Å². The van der Waals surface area contributed by atoms with Crippen molar-refractivity contribution in [3.05, 3.63) is 0 Å². The van der Waals surface area contributed by atoms with Crippen LogP contribution in [-0.2, 0) is 14.3 Å². The van der Waals surface area contributed by atoms with Crippen molar-refractivity contribution < 1.29 is 19.4 Å². The summed E-state index contributed by atoms with van der Waals surface area (Å²) >= 11 is 0. The third-order valence-corrected chi connectivity index (χ3v) is 2.22. The molecule has 1 fully saturated rings. The van der Waals surface area contributed by atoms with Crippen molar-refractivity contribution in [2.75, 3.05) is 13.2 Å². The van der Waals surface area contributed by atoms with Crippen molar-refractivity contribution in [2.45, 2.75) is 26.4 Å². The minimum atomic E-state index is -1.15. The molecule has 80 valence electrons. The van der Waals surface area contributed by atoms with Gasteiger partial charge < -0.3 is 15.2 Å². The summed E-state index contributed by atoms with van der Waals surface area (Å²) in [6.07, 6.45) is -0.998. The van der Waals surface area contributed by atoms with Gasteiger partial charge in [-0.05, 0) is 0 Å². The lowest BCUT2D eigenvalue weighted by atomic mass is 9.87. The van der Waals surface area contributed by atoms with Crippen molar-refractivity contribution in [1.29, 1.82) is 0 Å². The molecule has 1 atom stereocenters. The van der Waals surface area contributed by atoms with Crippen LogP contribution < -0.4 is 5.32 Å². The van der Waals surface area contributed by atoms with E-state index in [2.05, 4.69) is 5.32 Å². The molecule has 5 heteroatoms. The molecule has 2 N–H and O–H groups in total. The minimum Gasteiger partial charge on any atom is -0.465 e. The number of nitrogens with one attached hydrogen (secondary N) is 1. The third-order valence-electron chi connectivity index (χ3n) is 2.22. The number of esters is 1. The number of aliphatic hydroxyl groups excluding tert-OH is 1. The van der Waals surface area contributed by atoms with Gasteiger partial charge >= 0.3 is 5.97 Å². The maximum absolute atomic E-state index is 11.3. The Hall–Kier alpha value is -1.10. The Labute approximate surface area is 82.4 Å². The molecule has 0 bridgehead atoms. The van der Waals surface area contributed by atoms with E-state index in [0.717, 1.165) is 0 Å². The van der Waals surface area contributed by atoms with Gasteiger partial charge in [0, 0.05) is 12.0 Å². The first-order chi connectivity index (χ1) is 6.43. The van der Waals surface area contributed by atoms with Crippen LogP contribution in [0.4, 0.5) is 0 Å². The zero-order valence-corrected chi connectivity index (χ0v) is 8.37. The fourth-order valence-electron chi connectivity index (χ4n) is 1.16. The summed E-state index contributed by atoms with van der Waals surface area (Å²) in [5.41, 5.74) is -0.746. The molecule has 0 aromatic heterocycles. The second-order valence-corrected chi connectivity index (χ2v) is 4.09. The number of carbonyl (C=O) groups is 2. The molecular weight excluding hydrogens is 186 g/mol. The van der Waals surface area contributed by atoms with Crippen LogP contribution >= 0.6 is 0 Å². The van der Waals surface area contributed by atoms with Crippen LogP contribution in [0.5, 0.6) is 0 Å². The van der Waals surface area contributed by atoms with Gasteiger partial charge in [-0.25, -0.2) is 0 Å². The molecule has 1 aliphatic heterocycles. The molecule has 1 amide bonds. The number of cyclic esters (lactones) is 1. The van der Waals surface area contributed by atoms with Gasteiger partial charge in [0.25, 0.3) is 0 Å². The minimum absolute atomic E-state index is 0.0560. The van der Waals surface area contributed by atoms with Gasteiger partial charge in [-0.3, -0.25) is 9.59 Å². The molecule has 0 radical (unpaired) electrons. The number of ether oxygens (including phenoxy) is 1. The summed E-state index contributed by atoms with van der Waals surface area (Å²) in [5.74, 6) is -0.805. The van der Waals surface area contributed by atoms with Gasteiger partial charge in [0.15, 0.2) is 0 Å². The maximum Gasteiger partial charge on any atom is 0.307 e. The molecule has 1 aliphatic rings. The Morgan fingerprint density at radius 3 is 2.79 bits per heavy atom. The number of rotatable bonds is 0. The first-order valence-corrected chi connectivity index (χ1v) is 4.55. The average molecular weight is 201 g/mol. The second-order valence-electron chi connectivity index (χ2n) is 4.09. The van der Waals surface area contributed by atoms with E-state index in [1.54, 1.807) is 13.8 Å². The summed E-state index contributed by atoms with van der Waals surface area (Å²) in [7, 11) is 0. The Bertz CT molecular complexity index is 249. The molecule has 14 heavy (non-hydrogen) atoms. The highest BCUT2D eigenvalue weighted by atomic mass is 16.5. The maximum atomic E-state index is 11.3. The molecule has 5 nitrogen and oxygen atoms in total. The highest BCUT2D eigenvalue weighted by Crippen LogP contribution is 2.22. The summed E-state index contributed by atoms with van der Waals surface area (Å²) < 4.78 is 4.91. The Morgan fingerprint density at radius 2 is 2.14 bits per heavy atom. The number of aliphatic hydroxyl groups is 1. The quantitative estimate of drug-likeness (QED) is 0.515. The predicted octanol–water partition coefficient (Wildman–Crippen LogP) is -0.563. The fourth-order valence-corrected chi connectivity index (χ4v) is 1.16. The van der Waals surface area contributed by atoms with Gasteiger partial charge in [-0.2, -0.15) is 0 Å². The van der Waals surface area contributed by atoms with Crippen LogP contribution in [0, 0.1) is 5.41 Å². The van der Waals surface area contributed by atoms with Gasteiger partial charge in [0.2, 0.25) is 5.91 Å². The topological polar surface area (TPSA) is 75.6 Å². The first kappa shape index (κ1) is 11.0. The van der Waals surface area contributed by atoms with E-state index in [-0.39, 0.29) is 25.5 Å². The highest BCUT2D eigenvalue weighted by Gasteiger charge is 2.35. The van der Waals surface area contributed by atoms with Crippen LogP contribution in [0.25, 0.3) is 0 Å². The molecule has 0 aromatic carbocycles. The van der Waals surface area contributed by atoms with Crippen molar-refractivity contribution >= 4 is 11.9 Å². The lowest BCUT2D eigenvalue weighted by Gasteiger charge is -2.27. The molecule has 0 aliphatic carbocycles. The van der Waals surface area contributed by atoms with Crippen LogP contribution in [0.1, 0.15) is 20.3 Å². The lowest BCUT2D eigenvalue weighted by Crippen LogP contribution is -2.45. The Balaban J connectivity index is 2.76. The van der Waals surface area contributed by atoms with Crippen molar-refractivity contribution in [3.8, 4) is 0 Å². The summed E-state index contributed by atoms with van der Waals surface area (Å²) in [6.45, 7) is 3.62. The number of hydrogen-bond donors (Lipinski definition) is 2. The average Bonchev–Trinajstić information content (AvgIpc) is 2.15. The van der Waals surface area contributed by atoms with Crippen LogP contribution in [0.2, 0.25) is 0 Å². The summed E-state index contributed by atoms with van der Waals surface area (Å²) in [6, 6.07) is 0. The largest absolute Gasteiger partial charge is 0.465 e. The second kappa shape index (κ2) is 3.96. The van der Waals surface area contributed by atoms with E-state index in [1.807, 2.05) is 0 Å². The Kier molecular flexibility index (Phi) is 3.10. The first-order valence-electron chi connectivity index (χ1n) is 4.55. The molecule has 0 spiro atoms. The van der Waals surface area contributed by atoms with E-state index in [1.165, 1.54) is 0 Å². The number of amides is 1. The Morgan fingerprint density at radius 1 is 1.50 bits per heavy atom. The van der Waals surface area contributed by atoms with E-state index < -0.39 is 17.4 Å². The molecular formula is C9H15NO4. The molecule has 0 saturated carbocycles. The zero-order valence-electron chi connectivity index (χ0n) is 8.37. The standard InChI is InChI=1S/C9H15NO4/c1-9(2)5-14-6(11)3-4-10-8(13)7(9)12/h7,12H,3-5H2,1-2H3,(H,10,13). The van der Waals surface area contributed by atoms with Gasteiger partial charge in [0.05, 0.1) is 13.0 Å². The van der Waals surface area contributed by atoms with Crippen LogP contribution in [0.15, 0.2) is 0 Å². The van der Waals surface area contributed by atoms with E-state index in [0.29, 0.717) is 0 Å². The summed E-state index contributed by atoms with van der Waals surface area (Å²) in [4.78, 5) is 22.3. The molecule has 1 unspecified atom stereocenters. The van der Waals surface area contributed by atoms with E-state index >= 15 is 0 Å². The van der Waals surface area contributed by atoms with Crippen LogP contribution in [0.3, 0.4) is 0 Å². The number of hydrogen-bond acceptors (Lipinski definition) is 4. The van der Waals surface area contributed by atoms with Gasteiger partial charge in [-0.15, -0.1) is 0 Å². The lowest BCUT2D eigenvalue weighted by molar-refractivity contribution is -0.150. The monoisotopic (exact) mass is 201 g/mol. The number of carbonyl (C=O) groups excluding carboxylic acids is 2. The summed E-state index contributed by atoms with van der Waals surface area (Å²) in [5, 5.41) is 12.1. The normalized spacial score (nSPS) is 28.1. The molecule has 1 rings (SSSR count).